The minimum atomic E-state index is -1.37. The smallest absolute Gasteiger partial charge is 0.177 e. The summed E-state index contributed by atoms with van der Waals surface area (Å²) in [5.41, 5.74) is 1.93. The van der Waals surface area contributed by atoms with Crippen LogP contribution < -0.4 is 0 Å². The van der Waals surface area contributed by atoms with Crippen molar-refractivity contribution in [3.05, 3.63) is 71.4 Å². The number of ketones is 1. The van der Waals surface area contributed by atoms with E-state index in [1.165, 1.54) is 16.7 Å². The highest BCUT2D eigenvalue weighted by atomic mass is 16.3. The second-order valence-corrected chi connectivity index (χ2v) is 11.4. The molecule has 3 aliphatic carbocycles. The fraction of sp³-hybridized carbons (Fsp3) is 0.594. The van der Waals surface area contributed by atoms with Crippen molar-refractivity contribution in [2.75, 3.05) is 0 Å². The maximum atomic E-state index is 12.9. The normalized spacial score (nSPS) is 31.6. The van der Waals surface area contributed by atoms with Crippen LogP contribution >= 0.6 is 0 Å². The predicted molar refractivity (Wildman–Crippen MR) is 150 cm³/mol. The molecule has 4 atom stereocenters. The largest absolute Gasteiger partial charge is 0.394 e. The minimum absolute atomic E-state index is 0.110. The molecule has 3 aliphatic rings. The highest BCUT2D eigenvalue weighted by Gasteiger charge is 2.50. The Morgan fingerprint density at radius 1 is 1.09 bits per heavy atom. The minimum Gasteiger partial charge on any atom is -0.394 e. The fourth-order valence-electron chi connectivity index (χ4n) is 5.28. The van der Waals surface area contributed by atoms with Gasteiger partial charge in [-0.2, -0.15) is 0 Å². The first-order chi connectivity index (χ1) is 16.1. The van der Waals surface area contributed by atoms with Crippen LogP contribution in [0.25, 0.3) is 0 Å². The third-order valence-corrected chi connectivity index (χ3v) is 7.18. The third kappa shape index (κ3) is 7.05. The van der Waals surface area contributed by atoms with Gasteiger partial charge in [-0.1, -0.05) is 96.2 Å². The Kier molecular flexibility index (Phi) is 10.5. The van der Waals surface area contributed by atoms with Crippen LogP contribution in [0.15, 0.2) is 71.4 Å². The van der Waals surface area contributed by atoms with Gasteiger partial charge in [0, 0.05) is 11.5 Å². The molecule has 3 rings (SSSR count). The Morgan fingerprint density at radius 2 is 1.66 bits per heavy atom. The highest BCUT2D eigenvalue weighted by molar-refractivity contribution is 5.94. The Labute approximate surface area is 215 Å². The van der Waals surface area contributed by atoms with Crippen LogP contribution in [0.2, 0.25) is 0 Å². The summed E-state index contributed by atoms with van der Waals surface area (Å²) in [7, 11) is 0. The Bertz CT molecular complexity index is 932. The quantitative estimate of drug-likeness (QED) is 0.432. The SMILES string of the molecule is CC.CC(C)O.CCC1(C)CC(C)(C2=CC=CC(C)(C(=O)C(C)(C)O)C=C2)C2=CC(C)C=CC=C21. The molecule has 0 spiro atoms. The van der Waals surface area contributed by atoms with Crippen LogP contribution in [-0.4, -0.2) is 27.7 Å². The summed E-state index contributed by atoms with van der Waals surface area (Å²) < 4.78 is 0. The number of aliphatic hydroxyl groups is 2. The van der Waals surface area contributed by atoms with E-state index in [4.69, 9.17) is 5.11 Å². The second kappa shape index (κ2) is 11.8. The highest BCUT2D eigenvalue weighted by Crippen LogP contribution is 2.62. The lowest BCUT2D eigenvalue weighted by Crippen LogP contribution is -2.41. The number of aliphatic hydroxyl groups excluding tert-OH is 1. The van der Waals surface area contributed by atoms with Crippen LogP contribution in [0, 0.1) is 22.2 Å². The number of carbonyl (C=O) groups excluding carboxylic acids is 1. The topological polar surface area (TPSA) is 57.5 Å². The van der Waals surface area contributed by atoms with Gasteiger partial charge in [-0.05, 0) is 75.5 Å². The van der Waals surface area contributed by atoms with Crippen LogP contribution in [0.4, 0.5) is 0 Å². The van der Waals surface area contributed by atoms with Crippen LogP contribution in [-0.2, 0) is 4.79 Å². The van der Waals surface area contributed by atoms with Gasteiger partial charge in [0.1, 0.15) is 5.60 Å². The average Bonchev–Trinajstić information content (AvgIpc) is 2.98. The van der Waals surface area contributed by atoms with Crippen molar-refractivity contribution in [3.8, 4) is 0 Å². The third-order valence-electron chi connectivity index (χ3n) is 7.18. The molecule has 0 bridgehead atoms. The maximum absolute atomic E-state index is 12.9. The molecule has 3 nitrogen and oxygen atoms in total. The van der Waals surface area contributed by atoms with E-state index in [1.807, 2.05) is 39.0 Å². The number of rotatable bonds is 4. The molecule has 2 N–H and O–H groups in total. The monoisotopic (exact) mass is 482 g/mol. The molecular weight excluding hydrogens is 432 g/mol. The van der Waals surface area contributed by atoms with Crippen molar-refractivity contribution >= 4 is 5.78 Å². The molecule has 196 valence electrons. The summed E-state index contributed by atoms with van der Waals surface area (Å²) >= 11 is 0. The first-order valence-electron chi connectivity index (χ1n) is 13.3. The van der Waals surface area contributed by atoms with Crippen molar-refractivity contribution in [3.63, 3.8) is 0 Å². The molecule has 0 saturated heterocycles. The standard InChI is InChI=1S/C27H36O2.C3H8O.C2H6/c1-8-25(5)18-27(7,22-17-19(2)11-9-13-21(22)25)20-12-10-15-26(6,16-14-20)23(28)24(3,4)29;1-3(2)4;1-2/h9-17,19,29H,8,18H2,1-7H3;3-4H,1-2H3;1-2H3. The number of hydrogen-bond donors (Lipinski definition) is 2. The van der Waals surface area contributed by atoms with E-state index in [1.54, 1.807) is 27.7 Å². The van der Waals surface area contributed by atoms with Gasteiger partial charge in [-0.15, -0.1) is 0 Å². The van der Waals surface area contributed by atoms with Gasteiger partial charge in [0.2, 0.25) is 0 Å². The zero-order valence-corrected chi connectivity index (χ0v) is 24.1. The van der Waals surface area contributed by atoms with Gasteiger partial charge < -0.3 is 10.2 Å². The molecule has 1 fully saturated rings. The van der Waals surface area contributed by atoms with Crippen molar-refractivity contribution in [2.45, 2.75) is 101 Å². The van der Waals surface area contributed by atoms with Crippen molar-refractivity contribution in [2.24, 2.45) is 22.2 Å². The molecule has 3 heteroatoms. The first kappa shape index (κ1) is 31.1. The van der Waals surface area contributed by atoms with E-state index in [2.05, 4.69) is 64.2 Å². The number of allylic oxidation sites excluding steroid dienone is 12. The first-order valence-corrected chi connectivity index (χ1v) is 13.3. The molecule has 35 heavy (non-hydrogen) atoms. The summed E-state index contributed by atoms with van der Waals surface area (Å²) in [5.74, 6) is 0.208. The summed E-state index contributed by atoms with van der Waals surface area (Å²) in [6.07, 6.45) is 21.3. The number of hydrogen-bond acceptors (Lipinski definition) is 3. The van der Waals surface area contributed by atoms with Crippen LogP contribution in [0.3, 0.4) is 0 Å². The van der Waals surface area contributed by atoms with Gasteiger partial charge in [-0.25, -0.2) is 0 Å². The van der Waals surface area contributed by atoms with E-state index >= 15 is 0 Å². The van der Waals surface area contributed by atoms with Crippen molar-refractivity contribution < 1.29 is 15.0 Å². The average molecular weight is 483 g/mol. The molecule has 4 unspecified atom stereocenters. The van der Waals surface area contributed by atoms with E-state index in [-0.39, 0.29) is 22.7 Å². The van der Waals surface area contributed by atoms with Gasteiger partial charge in [0.15, 0.2) is 5.78 Å². The molecule has 0 aromatic heterocycles. The van der Waals surface area contributed by atoms with E-state index in [9.17, 15) is 9.90 Å². The lowest BCUT2D eigenvalue weighted by molar-refractivity contribution is -0.139. The molecule has 0 heterocycles. The molecule has 0 amide bonds. The van der Waals surface area contributed by atoms with Crippen LogP contribution in [0.1, 0.15) is 89.0 Å². The fourth-order valence-corrected chi connectivity index (χ4v) is 5.28. The van der Waals surface area contributed by atoms with E-state index < -0.39 is 11.0 Å². The zero-order valence-electron chi connectivity index (χ0n) is 24.1. The molecule has 0 aromatic carbocycles. The van der Waals surface area contributed by atoms with E-state index in [0.717, 1.165) is 12.8 Å². The molecule has 1 saturated carbocycles. The molecule has 0 aromatic rings. The lowest BCUT2D eigenvalue weighted by Gasteiger charge is -2.31. The number of carbonyl (C=O) groups is 1. The zero-order chi connectivity index (χ0) is 27.2. The summed E-state index contributed by atoms with van der Waals surface area (Å²) in [5, 5.41) is 18.3. The molecule has 0 aliphatic heterocycles. The Morgan fingerprint density at radius 3 is 2.17 bits per heavy atom. The van der Waals surface area contributed by atoms with Gasteiger partial charge >= 0.3 is 0 Å². The maximum Gasteiger partial charge on any atom is 0.177 e. The molecular formula is C32H50O3. The summed E-state index contributed by atoms with van der Waals surface area (Å²) in [6.45, 7) is 21.7. The summed E-state index contributed by atoms with van der Waals surface area (Å²) in [4.78, 5) is 12.9. The Balaban J connectivity index is 0.000000926. The van der Waals surface area contributed by atoms with Crippen molar-refractivity contribution in [1.82, 2.24) is 0 Å². The lowest BCUT2D eigenvalue weighted by atomic mass is 9.73. The predicted octanol–water partition coefficient (Wildman–Crippen LogP) is 7.68. The second-order valence-electron chi connectivity index (χ2n) is 11.4. The van der Waals surface area contributed by atoms with Crippen molar-refractivity contribution in [1.29, 1.82) is 0 Å². The van der Waals surface area contributed by atoms with Gasteiger partial charge in [0.25, 0.3) is 0 Å². The summed E-state index contributed by atoms with van der Waals surface area (Å²) in [6, 6.07) is 0. The van der Waals surface area contributed by atoms with Crippen LogP contribution in [0.5, 0.6) is 0 Å². The van der Waals surface area contributed by atoms with E-state index in [0.29, 0.717) is 5.92 Å². The number of Topliss-reactive ketones (excluding diaryl/α,β-unsaturated/α-hetero) is 1. The van der Waals surface area contributed by atoms with Gasteiger partial charge in [-0.3, -0.25) is 4.79 Å². The Hall–Kier alpha value is -1.97. The number of fused-ring (bicyclic) bond motifs is 1. The molecule has 0 radical (unpaired) electrons. The van der Waals surface area contributed by atoms with Gasteiger partial charge in [0.05, 0.1) is 5.41 Å².